The van der Waals surface area contributed by atoms with Crippen LogP contribution in [0.5, 0.6) is 0 Å². The van der Waals surface area contributed by atoms with Crippen molar-refractivity contribution in [2.75, 3.05) is 13.2 Å². The maximum absolute atomic E-state index is 11.4. The van der Waals surface area contributed by atoms with Crippen LogP contribution >= 0.6 is 0 Å². The SMILES string of the molecule is CC(C)(CO)OC(=O)CCC(=O)OC(C)(C)CO. The average molecular weight is 262 g/mol. The van der Waals surface area contributed by atoms with Crippen molar-refractivity contribution in [3.05, 3.63) is 0 Å². The molecule has 0 saturated heterocycles. The third kappa shape index (κ3) is 7.24. The topological polar surface area (TPSA) is 93.1 Å². The summed E-state index contributed by atoms with van der Waals surface area (Å²) in [6.45, 7) is 5.69. The molecule has 2 N–H and O–H groups in total. The van der Waals surface area contributed by atoms with E-state index in [-0.39, 0.29) is 26.1 Å². The van der Waals surface area contributed by atoms with Crippen molar-refractivity contribution >= 4 is 11.9 Å². The van der Waals surface area contributed by atoms with E-state index in [1.165, 1.54) is 0 Å². The van der Waals surface area contributed by atoms with Gasteiger partial charge in [0.05, 0.1) is 26.1 Å². The number of aliphatic hydroxyl groups is 2. The summed E-state index contributed by atoms with van der Waals surface area (Å²) in [6.07, 6.45) is -0.243. The molecule has 18 heavy (non-hydrogen) atoms. The molecule has 0 amide bonds. The summed E-state index contributed by atoms with van der Waals surface area (Å²) >= 11 is 0. The van der Waals surface area contributed by atoms with Crippen molar-refractivity contribution in [1.29, 1.82) is 0 Å². The zero-order chi connectivity index (χ0) is 14.4. The average Bonchev–Trinajstić information content (AvgIpc) is 2.25. The number of aliphatic hydroxyl groups excluding tert-OH is 2. The Morgan fingerprint density at radius 3 is 1.33 bits per heavy atom. The number of ether oxygens (including phenoxy) is 2. The van der Waals surface area contributed by atoms with Gasteiger partial charge in [-0.05, 0) is 27.7 Å². The maximum Gasteiger partial charge on any atom is 0.306 e. The number of rotatable bonds is 7. The highest BCUT2D eigenvalue weighted by Crippen LogP contribution is 2.12. The number of carbonyl (C=O) groups is 2. The third-order valence-corrected chi connectivity index (χ3v) is 2.08. The molecule has 0 aromatic carbocycles. The largest absolute Gasteiger partial charge is 0.457 e. The van der Waals surface area contributed by atoms with Gasteiger partial charge >= 0.3 is 11.9 Å². The Hall–Kier alpha value is -1.14. The van der Waals surface area contributed by atoms with Crippen molar-refractivity contribution in [2.45, 2.75) is 51.7 Å². The van der Waals surface area contributed by atoms with Gasteiger partial charge in [-0.2, -0.15) is 0 Å². The van der Waals surface area contributed by atoms with Crippen LogP contribution in [0.25, 0.3) is 0 Å². The molecule has 0 aliphatic carbocycles. The van der Waals surface area contributed by atoms with Gasteiger partial charge in [0.1, 0.15) is 11.2 Å². The minimum absolute atomic E-state index is 0.121. The highest BCUT2D eigenvalue weighted by atomic mass is 16.6. The highest BCUT2D eigenvalue weighted by Gasteiger charge is 2.24. The van der Waals surface area contributed by atoms with Gasteiger partial charge in [0.15, 0.2) is 0 Å². The second-order valence-electron chi connectivity index (χ2n) is 5.28. The Morgan fingerprint density at radius 1 is 0.833 bits per heavy atom. The van der Waals surface area contributed by atoms with Crippen LogP contribution in [-0.4, -0.2) is 46.6 Å². The van der Waals surface area contributed by atoms with E-state index >= 15 is 0 Å². The van der Waals surface area contributed by atoms with Gasteiger partial charge in [0.25, 0.3) is 0 Å². The van der Waals surface area contributed by atoms with Gasteiger partial charge in [-0.3, -0.25) is 9.59 Å². The first-order valence-corrected chi connectivity index (χ1v) is 5.77. The molecule has 0 atom stereocenters. The fourth-order valence-corrected chi connectivity index (χ4v) is 0.987. The van der Waals surface area contributed by atoms with E-state index in [0.29, 0.717) is 0 Å². The zero-order valence-corrected chi connectivity index (χ0v) is 11.4. The van der Waals surface area contributed by atoms with E-state index in [4.69, 9.17) is 19.7 Å². The van der Waals surface area contributed by atoms with E-state index in [0.717, 1.165) is 0 Å². The molecule has 0 saturated carbocycles. The Balaban J connectivity index is 4.04. The zero-order valence-electron chi connectivity index (χ0n) is 11.4. The molecule has 0 radical (unpaired) electrons. The molecule has 0 aliphatic heterocycles. The fourth-order valence-electron chi connectivity index (χ4n) is 0.987. The van der Waals surface area contributed by atoms with Crippen LogP contribution in [-0.2, 0) is 19.1 Å². The second-order valence-corrected chi connectivity index (χ2v) is 5.28. The van der Waals surface area contributed by atoms with E-state index in [1.807, 2.05) is 0 Å². The number of esters is 2. The van der Waals surface area contributed by atoms with Gasteiger partial charge in [0, 0.05) is 0 Å². The van der Waals surface area contributed by atoms with Gasteiger partial charge in [0.2, 0.25) is 0 Å². The lowest BCUT2D eigenvalue weighted by Crippen LogP contribution is -2.33. The fraction of sp³-hybridized carbons (Fsp3) is 0.833. The van der Waals surface area contributed by atoms with Crippen molar-refractivity contribution in [3.63, 3.8) is 0 Å². The first kappa shape index (κ1) is 16.9. The summed E-state index contributed by atoms with van der Waals surface area (Å²) in [6, 6.07) is 0. The third-order valence-electron chi connectivity index (χ3n) is 2.08. The predicted molar refractivity (Wildman–Crippen MR) is 63.7 cm³/mol. The minimum Gasteiger partial charge on any atom is -0.457 e. The Morgan fingerprint density at radius 2 is 1.11 bits per heavy atom. The van der Waals surface area contributed by atoms with Crippen LogP contribution in [0, 0.1) is 0 Å². The molecule has 0 bridgehead atoms. The van der Waals surface area contributed by atoms with E-state index in [9.17, 15) is 9.59 Å². The van der Waals surface area contributed by atoms with Gasteiger partial charge in [-0.15, -0.1) is 0 Å². The molecule has 6 heteroatoms. The van der Waals surface area contributed by atoms with Gasteiger partial charge < -0.3 is 19.7 Å². The highest BCUT2D eigenvalue weighted by molar-refractivity contribution is 5.78. The molecular weight excluding hydrogens is 240 g/mol. The lowest BCUT2D eigenvalue weighted by Gasteiger charge is -2.23. The van der Waals surface area contributed by atoms with Crippen molar-refractivity contribution in [2.24, 2.45) is 0 Å². The molecule has 0 spiro atoms. The van der Waals surface area contributed by atoms with Crippen molar-refractivity contribution in [3.8, 4) is 0 Å². The Labute approximate surface area is 107 Å². The molecule has 0 aromatic rings. The van der Waals surface area contributed by atoms with Gasteiger partial charge in [-0.25, -0.2) is 0 Å². The first-order valence-electron chi connectivity index (χ1n) is 5.77. The number of carbonyl (C=O) groups excluding carboxylic acids is 2. The summed E-state index contributed by atoms with van der Waals surface area (Å²) in [5.41, 5.74) is -1.91. The first-order chi connectivity index (χ1) is 8.12. The van der Waals surface area contributed by atoms with E-state index in [1.54, 1.807) is 27.7 Å². The van der Waals surface area contributed by atoms with Crippen LogP contribution in [0.3, 0.4) is 0 Å². The van der Waals surface area contributed by atoms with E-state index < -0.39 is 23.1 Å². The summed E-state index contributed by atoms with van der Waals surface area (Å²) in [7, 11) is 0. The standard InChI is InChI=1S/C12H22O6/c1-11(2,7-13)17-9(15)5-6-10(16)18-12(3,4)8-14/h13-14H,5-8H2,1-4H3. The molecular formula is C12H22O6. The lowest BCUT2D eigenvalue weighted by atomic mass is 10.1. The minimum atomic E-state index is -0.953. The van der Waals surface area contributed by atoms with Crippen LogP contribution in [0.1, 0.15) is 40.5 Å². The Kier molecular flexibility index (Phi) is 6.28. The van der Waals surface area contributed by atoms with Crippen LogP contribution in [0.4, 0.5) is 0 Å². The molecule has 0 rings (SSSR count). The Bertz CT molecular complexity index is 265. The monoisotopic (exact) mass is 262 g/mol. The lowest BCUT2D eigenvalue weighted by molar-refractivity contribution is -0.167. The smallest absolute Gasteiger partial charge is 0.306 e. The number of hydrogen-bond acceptors (Lipinski definition) is 6. The number of hydrogen-bond donors (Lipinski definition) is 2. The molecule has 0 fully saturated rings. The normalized spacial score (nSPS) is 12.1. The quantitative estimate of drug-likeness (QED) is 0.645. The summed E-state index contributed by atoms with van der Waals surface area (Å²) in [4.78, 5) is 22.7. The summed E-state index contributed by atoms with van der Waals surface area (Å²) < 4.78 is 9.90. The van der Waals surface area contributed by atoms with Crippen LogP contribution < -0.4 is 0 Å². The predicted octanol–water partition coefficient (Wildman–Crippen LogP) is 0.395. The van der Waals surface area contributed by atoms with Crippen LogP contribution in [0.2, 0.25) is 0 Å². The van der Waals surface area contributed by atoms with Crippen LogP contribution in [0.15, 0.2) is 0 Å². The van der Waals surface area contributed by atoms with Crippen molar-refractivity contribution in [1.82, 2.24) is 0 Å². The molecule has 0 unspecified atom stereocenters. The van der Waals surface area contributed by atoms with E-state index in [2.05, 4.69) is 0 Å². The maximum atomic E-state index is 11.4. The van der Waals surface area contributed by atoms with Crippen molar-refractivity contribution < 1.29 is 29.3 Å². The second kappa shape index (κ2) is 6.70. The molecule has 106 valence electrons. The molecule has 0 heterocycles. The molecule has 0 aliphatic rings. The van der Waals surface area contributed by atoms with Gasteiger partial charge in [-0.1, -0.05) is 0 Å². The molecule has 0 aromatic heterocycles. The molecule has 6 nitrogen and oxygen atoms in total. The summed E-state index contributed by atoms with van der Waals surface area (Å²) in [5.74, 6) is -1.15. The summed E-state index contributed by atoms with van der Waals surface area (Å²) in [5, 5.41) is 17.8.